The Bertz CT molecular complexity index is 866. The van der Waals surface area contributed by atoms with E-state index >= 15 is 0 Å². The lowest BCUT2D eigenvalue weighted by Gasteiger charge is -2.20. The number of nitrogens with zero attached hydrogens (tertiary/aromatic N) is 2. The molecule has 0 bridgehead atoms. The number of amidine groups is 1. The van der Waals surface area contributed by atoms with Gasteiger partial charge in [0.15, 0.2) is 5.17 Å². The Morgan fingerprint density at radius 1 is 1.22 bits per heavy atom. The molecule has 1 aliphatic heterocycles. The zero-order chi connectivity index (χ0) is 19.4. The van der Waals surface area contributed by atoms with Gasteiger partial charge in [0.05, 0.1) is 10.9 Å². The van der Waals surface area contributed by atoms with Crippen LogP contribution in [0.1, 0.15) is 18.1 Å². The first kappa shape index (κ1) is 19.1. The SMILES string of the molecule is Cc1ccc(N2C(=O)CN=C2S[C@@H](C)C(=O)NCc2ccc(F)cc2)cc1. The number of hydrogen-bond acceptors (Lipinski definition) is 4. The van der Waals surface area contributed by atoms with Crippen molar-refractivity contribution >= 4 is 34.4 Å². The topological polar surface area (TPSA) is 61.8 Å². The molecule has 0 saturated heterocycles. The minimum absolute atomic E-state index is 0.0835. The van der Waals surface area contributed by atoms with Gasteiger partial charge in [0.1, 0.15) is 12.4 Å². The molecular formula is C20H20FN3O2S. The second-order valence-electron chi connectivity index (χ2n) is 6.27. The molecule has 7 heteroatoms. The molecule has 0 saturated carbocycles. The second-order valence-corrected chi connectivity index (χ2v) is 7.58. The fourth-order valence-electron chi connectivity index (χ4n) is 2.57. The Morgan fingerprint density at radius 3 is 2.56 bits per heavy atom. The van der Waals surface area contributed by atoms with Crippen molar-refractivity contribution in [2.24, 2.45) is 4.99 Å². The summed E-state index contributed by atoms with van der Waals surface area (Å²) in [5.74, 6) is -0.593. The van der Waals surface area contributed by atoms with E-state index < -0.39 is 5.25 Å². The summed E-state index contributed by atoms with van der Waals surface area (Å²) in [6.07, 6.45) is 0. The summed E-state index contributed by atoms with van der Waals surface area (Å²) >= 11 is 1.25. The van der Waals surface area contributed by atoms with Crippen LogP contribution in [0.2, 0.25) is 0 Å². The van der Waals surface area contributed by atoms with Crippen LogP contribution in [0.25, 0.3) is 0 Å². The van der Waals surface area contributed by atoms with Crippen LogP contribution in [0.15, 0.2) is 53.5 Å². The standard InChI is InChI=1S/C20H20FN3O2S/c1-13-3-9-17(10-4-13)24-18(25)12-23-20(24)27-14(2)19(26)22-11-15-5-7-16(21)8-6-15/h3-10,14H,11-12H2,1-2H3,(H,22,26)/t14-/m0/s1. The largest absolute Gasteiger partial charge is 0.351 e. The van der Waals surface area contributed by atoms with E-state index in [4.69, 9.17) is 0 Å². The number of nitrogens with one attached hydrogen (secondary N) is 1. The van der Waals surface area contributed by atoms with Gasteiger partial charge in [-0.25, -0.2) is 4.39 Å². The van der Waals surface area contributed by atoms with Gasteiger partial charge in [0.25, 0.3) is 5.91 Å². The summed E-state index contributed by atoms with van der Waals surface area (Å²) < 4.78 is 12.9. The molecule has 0 aliphatic carbocycles. The third-order valence-corrected chi connectivity index (χ3v) is 5.20. The molecule has 1 atom stereocenters. The number of carbonyl (C=O) groups excluding carboxylic acids is 2. The summed E-state index contributed by atoms with van der Waals surface area (Å²) in [5, 5.41) is 2.92. The fraction of sp³-hybridized carbons (Fsp3) is 0.250. The van der Waals surface area contributed by atoms with E-state index in [2.05, 4.69) is 10.3 Å². The van der Waals surface area contributed by atoms with Crippen LogP contribution in [-0.2, 0) is 16.1 Å². The highest BCUT2D eigenvalue weighted by molar-refractivity contribution is 8.15. The van der Waals surface area contributed by atoms with E-state index in [0.717, 1.165) is 16.8 Å². The average Bonchev–Trinajstić information content (AvgIpc) is 3.02. The normalized spacial score (nSPS) is 14.9. The van der Waals surface area contributed by atoms with Gasteiger partial charge in [-0.05, 0) is 43.7 Å². The van der Waals surface area contributed by atoms with Gasteiger partial charge in [-0.3, -0.25) is 19.5 Å². The van der Waals surface area contributed by atoms with Crippen molar-refractivity contribution in [2.75, 3.05) is 11.4 Å². The molecule has 27 heavy (non-hydrogen) atoms. The van der Waals surface area contributed by atoms with E-state index in [1.54, 1.807) is 24.0 Å². The Kier molecular flexibility index (Phi) is 5.91. The van der Waals surface area contributed by atoms with E-state index in [0.29, 0.717) is 11.7 Å². The maximum atomic E-state index is 12.9. The Balaban J connectivity index is 1.60. The summed E-state index contributed by atoms with van der Waals surface area (Å²) in [6, 6.07) is 13.6. The first-order valence-electron chi connectivity index (χ1n) is 8.57. The number of carbonyl (C=O) groups is 2. The molecule has 5 nitrogen and oxygen atoms in total. The van der Waals surface area contributed by atoms with Crippen LogP contribution < -0.4 is 10.2 Å². The van der Waals surface area contributed by atoms with E-state index in [9.17, 15) is 14.0 Å². The van der Waals surface area contributed by atoms with Crippen molar-refractivity contribution in [3.05, 3.63) is 65.5 Å². The highest BCUT2D eigenvalue weighted by atomic mass is 32.2. The first-order chi connectivity index (χ1) is 12.9. The molecule has 3 rings (SSSR count). The number of hydrogen-bond donors (Lipinski definition) is 1. The highest BCUT2D eigenvalue weighted by Crippen LogP contribution is 2.26. The van der Waals surface area contributed by atoms with Crippen LogP contribution in [0.4, 0.5) is 10.1 Å². The first-order valence-corrected chi connectivity index (χ1v) is 9.45. The van der Waals surface area contributed by atoms with Crippen LogP contribution in [0.3, 0.4) is 0 Å². The van der Waals surface area contributed by atoms with E-state index in [1.165, 1.54) is 23.9 Å². The molecule has 2 aromatic rings. The molecule has 1 heterocycles. The van der Waals surface area contributed by atoms with Crippen LogP contribution in [0.5, 0.6) is 0 Å². The summed E-state index contributed by atoms with van der Waals surface area (Å²) in [7, 11) is 0. The highest BCUT2D eigenvalue weighted by Gasteiger charge is 2.30. The molecule has 0 unspecified atom stereocenters. The lowest BCUT2D eigenvalue weighted by Crippen LogP contribution is -2.35. The molecule has 1 N–H and O–H groups in total. The summed E-state index contributed by atoms with van der Waals surface area (Å²) in [5.41, 5.74) is 2.66. The van der Waals surface area contributed by atoms with Crippen molar-refractivity contribution in [3.63, 3.8) is 0 Å². The van der Waals surface area contributed by atoms with Gasteiger partial charge in [-0.2, -0.15) is 0 Å². The molecular weight excluding hydrogens is 365 g/mol. The van der Waals surface area contributed by atoms with Crippen LogP contribution in [-0.4, -0.2) is 28.8 Å². The molecule has 0 fully saturated rings. The fourth-order valence-corrected chi connectivity index (χ4v) is 3.53. The molecule has 0 spiro atoms. The number of aryl methyl sites for hydroxylation is 1. The maximum absolute atomic E-state index is 12.9. The number of aliphatic imine (C=N–C) groups is 1. The van der Waals surface area contributed by atoms with Crippen LogP contribution >= 0.6 is 11.8 Å². The van der Waals surface area contributed by atoms with Crippen molar-refractivity contribution in [3.8, 4) is 0 Å². The summed E-state index contributed by atoms with van der Waals surface area (Å²) in [4.78, 5) is 30.4. The predicted molar refractivity (Wildman–Crippen MR) is 106 cm³/mol. The Labute approximate surface area is 161 Å². The molecule has 0 aromatic heterocycles. The molecule has 1 aliphatic rings. The lowest BCUT2D eigenvalue weighted by atomic mass is 10.2. The minimum atomic E-state index is -0.428. The number of anilines is 1. The Morgan fingerprint density at radius 2 is 1.89 bits per heavy atom. The van der Waals surface area contributed by atoms with Crippen molar-refractivity contribution < 1.29 is 14.0 Å². The number of rotatable bonds is 5. The summed E-state index contributed by atoms with van der Waals surface area (Å²) in [6.45, 7) is 4.15. The predicted octanol–water partition coefficient (Wildman–Crippen LogP) is 3.27. The van der Waals surface area contributed by atoms with Crippen molar-refractivity contribution in [1.82, 2.24) is 5.32 Å². The lowest BCUT2D eigenvalue weighted by molar-refractivity contribution is -0.120. The molecule has 0 radical (unpaired) electrons. The molecule has 140 valence electrons. The molecule has 2 amide bonds. The van der Waals surface area contributed by atoms with Crippen LogP contribution in [0, 0.1) is 12.7 Å². The Hall–Kier alpha value is -2.67. The maximum Gasteiger partial charge on any atom is 0.254 e. The van der Waals surface area contributed by atoms with Crippen molar-refractivity contribution in [2.45, 2.75) is 25.6 Å². The number of benzene rings is 2. The van der Waals surface area contributed by atoms with Gasteiger partial charge in [-0.15, -0.1) is 0 Å². The van der Waals surface area contributed by atoms with Gasteiger partial charge in [0, 0.05) is 6.54 Å². The number of thioether (sulfide) groups is 1. The third kappa shape index (κ3) is 4.74. The quantitative estimate of drug-likeness (QED) is 0.859. The number of amides is 2. The third-order valence-electron chi connectivity index (χ3n) is 4.11. The smallest absolute Gasteiger partial charge is 0.254 e. The van der Waals surface area contributed by atoms with Gasteiger partial charge in [-0.1, -0.05) is 41.6 Å². The van der Waals surface area contributed by atoms with Gasteiger partial charge >= 0.3 is 0 Å². The molecule has 2 aromatic carbocycles. The zero-order valence-corrected chi connectivity index (χ0v) is 15.9. The van der Waals surface area contributed by atoms with Gasteiger partial charge in [0.2, 0.25) is 5.91 Å². The number of halogens is 1. The average molecular weight is 385 g/mol. The monoisotopic (exact) mass is 385 g/mol. The van der Waals surface area contributed by atoms with E-state index in [-0.39, 0.29) is 24.2 Å². The minimum Gasteiger partial charge on any atom is -0.351 e. The van der Waals surface area contributed by atoms with E-state index in [1.807, 2.05) is 31.2 Å². The second kappa shape index (κ2) is 8.35. The van der Waals surface area contributed by atoms with Crippen molar-refractivity contribution in [1.29, 1.82) is 0 Å². The van der Waals surface area contributed by atoms with Gasteiger partial charge < -0.3 is 5.32 Å². The zero-order valence-electron chi connectivity index (χ0n) is 15.1.